The smallest absolute Gasteiger partial charge is 0.343 e. The minimum absolute atomic E-state index is 0.0875. The SMILES string of the molecule is CCOC(=O)/C(=C\Nc1ccc(OC)c(OC)c1)C(=O)c1ccc(C)cc1. The van der Waals surface area contributed by atoms with Crippen molar-refractivity contribution in [1.82, 2.24) is 0 Å². The summed E-state index contributed by atoms with van der Waals surface area (Å²) in [5, 5.41) is 2.95. The Balaban J connectivity index is 2.32. The zero-order chi connectivity index (χ0) is 19.8. The molecule has 0 saturated heterocycles. The number of ketones is 1. The van der Waals surface area contributed by atoms with E-state index in [1.165, 1.54) is 13.3 Å². The molecular weight excluding hydrogens is 346 g/mol. The molecule has 0 radical (unpaired) electrons. The normalized spacial score (nSPS) is 10.9. The largest absolute Gasteiger partial charge is 0.493 e. The van der Waals surface area contributed by atoms with E-state index in [0.29, 0.717) is 22.7 Å². The summed E-state index contributed by atoms with van der Waals surface area (Å²) in [7, 11) is 3.08. The lowest BCUT2D eigenvalue weighted by atomic mass is 10.0. The topological polar surface area (TPSA) is 73.9 Å². The number of benzene rings is 2. The molecule has 0 aliphatic carbocycles. The lowest BCUT2D eigenvalue weighted by molar-refractivity contribution is -0.138. The van der Waals surface area contributed by atoms with Crippen LogP contribution in [0.1, 0.15) is 22.8 Å². The van der Waals surface area contributed by atoms with E-state index in [1.54, 1.807) is 44.4 Å². The number of rotatable bonds is 8. The number of carbonyl (C=O) groups is 2. The van der Waals surface area contributed by atoms with E-state index in [-0.39, 0.29) is 12.2 Å². The maximum Gasteiger partial charge on any atom is 0.343 e. The van der Waals surface area contributed by atoms with E-state index < -0.39 is 11.8 Å². The highest BCUT2D eigenvalue weighted by Crippen LogP contribution is 2.29. The quantitative estimate of drug-likeness (QED) is 0.251. The first-order valence-electron chi connectivity index (χ1n) is 8.47. The Morgan fingerprint density at radius 2 is 1.67 bits per heavy atom. The number of aryl methyl sites for hydroxylation is 1. The van der Waals surface area contributed by atoms with Gasteiger partial charge in [0.15, 0.2) is 11.5 Å². The van der Waals surface area contributed by atoms with Crippen molar-refractivity contribution in [2.24, 2.45) is 0 Å². The molecule has 2 aromatic rings. The summed E-state index contributed by atoms with van der Waals surface area (Å²) in [6.07, 6.45) is 1.35. The molecule has 0 aromatic heterocycles. The summed E-state index contributed by atoms with van der Waals surface area (Å²) in [6.45, 7) is 3.79. The van der Waals surface area contributed by atoms with Crippen molar-refractivity contribution in [3.8, 4) is 11.5 Å². The van der Waals surface area contributed by atoms with Gasteiger partial charge in [0.1, 0.15) is 5.57 Å². The van der Waals surface area contributed by atoms with E-state index in [4.69, 9.17) is 14.2 Å². The van der Waals surface area contributed by atoms with Crippen molar-refractivity contribution in [2.45, 2.75) is 13.8 Å². The highest BCUT2D eigenvalue weighted by atomic mass is 16.5. The standard InChI is InChI=1S/C21H23NO5/c1-5-27-21(24)17(20(23)15-8-6-14(2)7-9-15)13-22-16-10-11-18(25-3)19(12-16)26-4/h6-13,22H,5H2,1-4H3/b17-13-. The van der Waals surface area contributed by atoms with Crippen molar-refractivity contribution in [2.75, 3.05) is 26.1 Å². The summed E-state index contributed by atoms with van der Waals surface area (Å²) >= 11 is 0. The molecule has 0 spiro atoms. The third-order valence-electron chi connectivity index (χ3n) is 3.82. The number of esters is 1. The highest BCUT2D eigenvalue weighted by molar-refractivity contribution is 6.24. The van der Waals surface area contributed by atoms with E-state index in [9.17, 15) is 9.59 Å². The summed E-state index contributed by atoms with van der Waals surface area (Å²) in [6, 6.07) is 12.2. The van der Waals surface area contributed by atoms with E-state index >= 15 is 0 Å². The molecule has 2 aromatic carbocycles. The predicted octanol–water partition coefficient (Wildman–Crippen LogP) is 3.75. The molecule has 0 heterocycles. The second-order valence-corrected chi connectivity index (χ2v) is 5.69. The van der Waals surface area contributed by atoms with Gasteiger partial charge in [0.25, 0.3) is 0 Å². The average Bonchev–Trinajstić information content (AvgIpc) is 2.68. The number of hydrogen-bond donors (Lipinski definition) is 1. The fraction of sp³-hybridized carbons (Fsp3) is 0.238. The van der Waals surface area contributed by atoms with Gasteiger partial charge in [-0.2, -0.15) is 0 Å². The number of ether oxygens (including phenoxy) is 3. The Kier molecular flexibility index (Phi) is 7.00. The van der Waals surface area contributed by atoms with Crippen LogP contribution < -0.4 is 14.8 Å². The van der Waals surface area contributed by atoms with Gasteiger partial charge in [-0.15, -0.1) is 0 Å². The number of Topliss-reactive ketones (excluding diaryl/α,β-unsaturated/α-hetero) is 1. The van der Waals surface area contributed by atoms with Crippen LogP contribution in [0.15, 0.2) is 54.2 Å². The Morgan fingerprint density at radius 1 is 1.00 bits per heavy atom. The van der Waals surface area contributed by atoms with Gasteiger partial charge in [0.05, 0.1) is 20.8 Å². The van der Waals surface area contributed by atoms with Gasteiger partial charge in [-0.05, 0) is 26.0 Å². The minimum Gasteiger partial charge on any atom is -0.493 e. The fourth-order valence-electron chi connectivity index (χ4n) is 2.37. The van der Waals surface area contributed by atoms with Gasteiger partial charge < -0.3 is 19.5 Å². The van der Waals surface area contributed by atoms with Crippen LogP contribution in [0.3, 0.4) is 0 Å². The molecule has 0 fully saturated rings. The third-order valence-corrected chi connectivity index (χ3v) is 3.82. The molecule has 1 N–H and O–H groups in total. The molecular formula is C21H23NO5. The number of hydrogen-bond acceptors (Lipinski definition) is 6. The molecule has 2 rings (SSSR count). The molecule has 0 atom stereocenters. The molecule has 0 amide bonds. The van der Waals surface area contributed by atoms with E-state index in [1.807, 2.05) is 19.1 Å². The highest BCUT2D eigenvalue weighted by Gasteiger charge is 2.21. The third kappa shape index (κ3) is 5.10. The van der Waals surface area contributed by atoms with Crippen LogP contribution in [0.5, 0.6) is 11.5 Å². The van der Waals surface area contributed by atoms with E-state index in [0.717, 1.165) is 5.56 Å². The van der Waals surface area contributed by atoms with Gasteiger partial charge in [-0.1, -0.05) is 29.8 Å². The van der Waals surface area contributed by atoms with Crippen LogP contribution in [-0.2, 0) is 9.53 Å². The van der Waals surface area contributed by atoms with Crippen LogP contribution in [0.25, 0.3) is 0 Å². The maximum atomic E-state index is 12.8. The Labute approximate surface area is 158 Å². The molecule has 6 heteroatoms. The molecule has 142 valence electrons. The van der Waals surface area contributed by atoms with Gasteiger partial charge in [-0.25, -0.2) is 4.79 Å². The first-order chi connectivity index (χ1) is 13.0. The van der Waals surface area contributed by atoms with Crippen LogP contribution >= 0.6 is 0 Å². The Bertz CT molecular complexity index is 840. The fourth-order valence-corrected chi connectivity index (χ4v) is 2.37. The van der Waals surface area contributed by atoms with Crippen LogP contribution in [0.4, 0.5) is 5.69 Å². The number of methoxy groups -OCH3 is 2. The number of nitrogens with one attached hydrogen (secondary N) is 1. The second kappa shape index (κ2) is 9.43. The summed E-state index contributed by atoms with van der Waals surface area (Å²) in [5.41, 5.74) is 1.98. The zero-order valence-electron chi connectivity index (χ0n) is 15.9. The van der Waals surface area contributed by atoms with Gasteiger partial charge >= 0.3 is 5.97 Å². The molecule has 0 aliphatic rings. The molecule has 27 heavy (non-hydrogen) atoms. The van der Waals surface area contributed by atoms with E-state index in [2.05, 4.69) is 5.32 Å². The molecule has 0 saturated carbocycles. The van der Waals surface area contributed by atoms with Crippen LogP contribution in [-0.4, -0.2) is 32.6 Å². The van der Waals surface area contributed by atoms with Crippen molar-refractivity contribution in [3.63, 3.8) is 0 Å². The number of carbonyl (C=O) groups excluding carboxylic acids is 2. The molecule has 0 unspecified atom stereocenters. The molecule has 0 aliphatic heterocycles. The first-order valence-corrected chi connectivity index (χ1v) is 8.47. The van der Waals surface area contributed by atoms with Crippen LogP contribution in [0, 0.1) is 6.92 Å². The maximum absolute atomic E-state index is 12.8. The van der Waals surface area contributed by atoms with Crippen LogP contribution in [0.2, 0.25) is 0 Å². The minimum atomic E-state index is -0.684. The average molecular weight is 369 g/mol. The zero-order valence-corrected chi connectivity index (χ0v) is 15.9. The first kappa shape index (κ1) is 20.0. The van der Waals surface area contributed by atoms with Gasteiger partial charge in [-0.3, -0.25) is 4.79 Å². The van der Waals surface area contributed by atoms with Crippen molar-refractivity contribution >= 4 is 17.4 Å². The van der Waals surface area contributed by atoms with Crippen molar-refractivity contribution in [3.05, 3.63) is 65.4 Å². The summed E-state index contributed by atoms with van der Waals surface area (Å²) in [4.78, 5) is 25.0. The second-order valence-electron chi connectivity index (χ2n) is 5.69. The molecule has 0 bridgehead atoms. The molecule has 6 nitrogen and oxygen atoms in total. The Hall–Kier alpha value is -3.28. The number of anilines is 1. The Morgan fingerprint density at radius 3 is 2.26 bits per heavy atom. The van der Waals surface area contributed by atoms with Gasteiger partial charge in [0, 0.05) is 23.5 Å². The van der Waals surface area contributed by atoms with Crippen molar-refractivity contribution in [1.29, 1.82) is 0 Å². The summed E-state index contributed by atoms with van der Waals surface area (Å²) in [5.74, 6) is 0.00398. The monoisotopic (exact) mass is 369 g/mol. The predicted molar refractivity (Wildman–Crippen MR) is 103 cm³/mol. The lowest BCUT2D eigenvalue weighted by Crippen LogP contribution is -2.17. The van der Waals surface area contributed by atoms with Crippen molar-refractivity contribution < 1.29 is 23.8 Å². The van der Waals surface area contributed by atoms with Gasteiger partial charge in [0.2, 0.25) is 5.78 Å². The lowest BCUT2D eigenvalue weighted by Gasteiger charge is -2.11. The summed E-state index contributed by atoms with van der Waals surface area (Å²) < 4.78 is 15.5.